The van der Waals surface area contributed by atoms with Gasteiger partial charge in [0, 0.05) is 40.3 Å². The molecule has 1 saturated heterocycles. The molecule has 4 atom stereocenters. The first-order valence-corrected chi connectivity index (χ1v) is 12.6. The SMILES string of the molecule is C[C@H](Nc1nccc([C@@H]2C(=O)NCC2[C@H](C)OC(C)(C)C)n1)c1cnc(-c2ccc(Cl)cc2)s1. The number of ether oxygens (including phenoxy) is 1. The Morgan fingerprint density at radius 1 is 1.18 bits per heavy atom. The van der Waals surface area contributed by atoms with Gasteiger partial charge in [0.15, 0.2) is 0 Å². The third-order valence-electron chi connectivity index (χ3n) is 5.75. The van der Waals surface area contributed by atoms with Crippen LogP contribution in [-0.2, 0) is 9.53 Å². The van der Waals surface area contributed by atoms with E-state index in [1.165, 1.54) is 0 Å². The summed E-state index contributed by atoms with van der Waals surface area (Å²) in [5, 5.41) is 7.96. The lowest BCUT2D eigenvalue weighted by Gasteiger charge is -2.30. The highest BCUT2D eigenvalue weighted by molar-refractivity contribution is 7.15. The topological polar surface area (TPSA) is 89.0 Å². The van der Waals surface area contributed by atoms with E-state index < -0.39 is 0 Å². The summed E-state index contributed by atoms with van der Waals surface area (Å²) in [5.41, 5.74) is 1.43. The third-order valence-corrected chi connectivity index (χ3v) is 7.23. The zero-order chi connectivity index (χ0) is 24.5. The monoisotopic (exact) mass is 499 g/mol. The number of hydrogen-bond donors (Lipinski definition) is 2. The lowest BCUT2D eigenvalue weighted by atomic mass is 9.88. The van der Waals surface area contributed by atoms with Crippen LogP contribution in [0.1, 0.15) is 57.1 Å². The molecule has 3 aromatic rings. The third kappa shape index (κ3) is 5.74. The molecule has 0 bridgehead atoms. The molecule has 0 spiro atoms. The molecule has 1 aliphatic heterocycles. The standard InChI is InChI=1S/C25H30ClN5O2S/c1-14(20-13-29-23(34-20)16-6-8-17(26)9-7-16)30-24-27-11-10-19(31-24)21-18(12-28-22(21)32)15(2)33-25(3,4)5/h6-11,13-15,18,21H,12H2,1-5H3,(H,28,32)(H,27,30,31)/t14-,15-,18?,21+/m0/s1. The van der Waals surface area contributed by atoms with Gasteiger partial charge in [0.2, 0.25) is 11.9 Å². The maximum atomic E-state index is 12.7. The molecule has 1 aromatic carbocycles. The van der Waals surface area contributed by atoms with E-state index in [9.17, 15) is 4.79 Å². The zero-order valence-corrected chi connectivity index (χ0v) is 21.6. The Morgan fingerprint density at radius 2 is 1.91 bits per heavy atom. The fraction of sp³-hybridized carbons (Fsp3) is 0.440. The molecule has 2 N–H and O–H groups in total. The van der Waals surface area contributed by atoms with E-state index in [0.717, 1.165) is 15.4 Å². The summed E-state index contributed by atoms with van der Waals surface area (Å²) in [5.74, 6) is 0.0721. The van der Waals surface area contributed by atoms with Crippen molar-refractivity contribution in [1.29, 1.82) is 0 Å². The van der Waals surface area contributed by atoms with E-state index in [1.54, 1.807) is 17.5 Å². The molecule has 2 aromatic heterocycles. The molecule has 7 nitrogen and oxygen atoms in total. The highest BCUT2D eigenvalue weighted by Gasteiger charge is 2.41. The van der Waals surface area contributed by atoms with Gasteiger partial charge in [-0.1, -0.05) is 23.7 Å². The minimum absolute atomic E-state index is 0.00433. The highest BCUT2D eigenvalue weighted by atomic mass is 35.5. The van der Waals surface area contributed by atoms with Crippen molar-refractivity contribution >= 4 is 34.8 Å². The van der Waals surface area contributed by atoms with E-state index in [0.29, 0.717) is 23.2 Å². The predicted molar refractivity (Wildman–Crippen MR) is 136 cm³/mol. The van der Waals surface area contributed by atoms with Gasteiger partial charge >= 0.3 is 0 Å². The summed E-state index contributed by atoms with van der Waals surface area (Å²) in [4.78, 5) is 27.4. The lowest BCUT2D eigenvalue weighted by molar-refractivity contribution is -0.122. The number of halogens is 1. The second-order valence-electron chi connectivity index (χ2n) is 9.57. The molecule has 9 heteroatoms. The number of benzene rings is 1. The smallest absolute Gasteiger partial charge is 0.229 e. The molecule has 1 unspecified atom stereocenters. The second kappa shape index (κ2) is 9.98. The predicted octanol–water partition coefficient (Wildman–Crippen LogP) is 5.46. The number of anilines is 1. The van der Waals surface area contributed by atoms with Crippen molar-refractivity contribution in [3.05, 3.63) is 58.3 Å². The van der Waals surface area contributed by atoms with Gasteiger partial charge in [-0.2, -0.15) is 0 Å². The average molecular weight is 500 g/mol. The lowest BCUT2D eigenvalue weighted by Crippen LogP contribution is -2.34. The fourth-order valence-electron chi connectivity index (χ4n) is 4.17. The number of aromatic nitrogens is 3. The number of hydrogen-bond acceptors (Lipinski definition) is 7. The van der Waals surface area contributed by atoms with Crippen molar-refractivity contribution in [3.63, 3.8) is 0 Å². The molecular formula is C25H30ClN5O2S. The molecule has 4 rings (SSSR count). The minimum Gasteiger partial charge on any atom is -0.373 e. The van der Waals surface area contributed by atoms with Gasteiger partial charge in [-0.15, -0.1) is 11.3 Å². The van der Waals surface area contributed by atoms with Crippen molar-refractivity contribution < 1.29 is 9.53 Å². The Labute approximate surface area is 209 Å². The van der Waals surface area contributed by atoms with Crippen LogP contribution in [0.4, 0.5) is 5.95 Å². The minimum atomic E-state index is -0.379. The number of thiazole rings is 1. The second-order valence-corrected chi connectivity index (χ2v) is 11.1. The van der Waals surface area contributed by atoms with Gasteiger partial charge in [0.1, 0.15) is 5.01 Å². The first kappa shape index (κ1) is 24.6. The highest BCUT2D eigenvalue weighted by Crippen LogP contribution is 2.34. The summed E-state index contributed by atoms with van der Waals surface area (Å²) < 4.78 is 6.16. The molecule has 0 aliphatic carbocycles. The van der Waals surface area contributed by atoms with E-state index in [4.69, 9.17) is 21.3 Å². The Hall–Kier alpha value is -2.55. The van der Waals surface area contributed by atoms with Crippen LogP contribution in [-0.4, -0.2) is 39.1 Å². The summed E-state index contributed by atoms with van der Waals surface area (Å²) in [6.45, 7) is 10.7. The van der Waals surface area contributed by atoms with Crippen molar-refractivity contribution in [2.75, 3.05) is 11.9 Å². The largest absolute Gasteiger partial charge is 0.373 e. The van der Waals surface area contributed by atoms with Crippen LogP contribution in [0.5, 0.6) is 0 Å². The quantitative estimate of drug-likeness (QED) is 0.448. The molecule has 34 heavy (non-hydrogen) atoms. The molecule has 3 heterocycles. The summed E-state index contributed by atoms with van der Waals surface area (Å²) in [7, 11) is 0. The van der Waals surface area contributed by atoms with Crippen LogP contribution < -0.4 is 10.6 Å². The number of carbonyl (C=O) groups excluding carboxylic acids is 1. The molecule has 1 amide bonds. The summed E-state index contributed by atoms with van der Waals surface area (Å²) in [6, 6.07) is 9.40. The normalized spacial score (nSPS) is 20.1. The van der Waals surface area contributed by atoms with Gasteiger partial charge in [-0.3, -0.25) is 4.79 Å². The van der Waals surface area contributed by atoms with E-state index >= 15 is 0 Å². The van der Waals surface area contributed by atoms with Crippen molar-refractivity contribution in [3.8, 4) is 10.6 Å². The van der Waals surface area contributed by atoms with Crippen LogP contribution in [0.25, 0.3) is 10.6 Å². The Bertz CT molecular complexity index is 1140. The number of amides is 1. The van der Waals surface area contributed by atoms with Crippen molar-refractivity contribution in [2.45, 2.75) is 58.3 Å². The van der Waals surface area contributed by atoms with Crippen LogP contribution >= 0.6 is 22.9 Å². The van der Waals surface area contributed by atoms with Gasteiger partial charge in [0.25, 0.3) is 0 Å². The Morgan fingerprint density at radius 3 is 2.62 bits per heavy atom. The van der Waals surface area contributed by atoms with Crippen LogP contribution in [0.15, 0.2) is 42.7 Å². The van der Waals surface area contributed by atoms with Crippen LogP contribution in [0, 0.1) is 5.92 Å². The number of nitrogens with zero attached hydrogens (tertiary/aromatic N) is 3. The molecular weight excluding hydrogens is 470 g/mol. The van der Waals surface area contributed by atoms with Gasteiger partial charge in [0.05, 0.1) is 29.4 Å². The summed E-state index contributed by atoms with van der Waals surface area (Å²) >= 11 is 7.60. The number of rotatable bonds is 7. The Balaban J connectivity index is 1.49. The molecule has 0 radical (unpaired) electrons. The Kier molecular flexibility index (Phi) is 7.21. The molecule has 1 aliphatic rings. The number of nitrogens with one attached hydrogen (secondary N) is 2. The molecule has 0 saturated carbocycles. The maximum absolute atomic E-state index is 12.7. The van der Waals surface area contributed by atoms with E-state index in [-0.39, 0.29) is 35.5 Å². The zero-order valence-electron chi connectivity index (χ0n) is 20.0. The summed E-state index contributed by atoms with van der Waals surface area (Å²) in [6.07, 6.45) is 3.46. The van der Waals surface area contributed by atoms with Gasteiger partial charge < -0.3 is 15.4 Å². The maximum Gasteiger partial charge on any atom is 0.229 e. The van der Waals surface area contributed by atoms with E-state index in [1.807, 2.05) is 71.1 Å². The van der Waals surface area contributed by atoms with Gasteiger partial charge in [-0.05, 0) is 52.8 Å². The number of carbonyl (C=O) groups is 1. The van der Waals surface area contributed by atoms with Crippen LogP contribution in [0.2, 0.25) is 5.02 Å². The van der Waals surface area contributed by atoms with Crippen molar-refractivity contribution in [1.82, 2.24) is 20.3 Å². The van der Waals surface area contributed by atoms with Crippen LogP contribution in [0.3, 0.4) is 0 Å². The first-order chi connectivity index (χ1) is 16.1. The van der Waals surface area contributed by atoms with E-state index in [2.05, 4.69) is 20.6 Å². The van der Waals surface area contributed by atoms with Crippen molar-refractivity contribution in [2.24, 2.45) is 5.92 Å². The van der Waals surface area contributed by atoms with Gasteiger partial charge in [-0.25, -0.2) is 15.0 Å². The average Bonchev–Trinajstić information content (AvgIpc) is 3.40. The molecule has 180 valence electrons. The first-order valence-electron chi connectivity index (χ1n) is 11.4. The fourth-order valence-corrected chi connectivity index (χ4v) is 5.22. The molecule has 1 fully saturated rings.